The third-order valence-corrected chi connectivity index (χ3v) is 1.31. The standard InChI is InChI=1S/C7H13N2.H3O4P/c1-3-4-9-6-5-8(2)7-9;1-5(2,3)4/h5-7H,3-4H2,1-2H3;(H3,1,2,3,4)/q+1;/p-3. The SMILES string of the molecule is CCCn1cc[n+](C)c1.O=P([O-])([O-])[O-]. The fraction of sp³-hybridized carbons (Fsp3) is 0.571. The molecule has 14 heavy (non-hydrogen) atoms. The van der Waals surface area contributed by atoms with E-state index in [1.807, 2.05) is 7.05 Å². The van der Waals surface area contributed by atoms with Crippen LogP contribution in [0.1, 0.15) is 13.3 Å². The lowest BCUT2D eigenvalue weighted by molar-refractivity contribution is -0.671. The second-order valence-electron chi connectivity index (χ2n) is 2.76. The van der Waals surface area contributed by atoms with E-state index in [9.17, 15) is 0 Å². The highest BCUT2D eigenvalue weighted by molar-refractivity contribution is 7.40. The molecule has 0 bridgehead atoms. The summed E-state index contributed by atoms with van der Waals surface area (Å²) in [4.78, 5) is 25.6. The van der Waals surface area contributed by atoms with Crippen molar-refractivity contribution in [3.05, 3.63) is 18.7 Å². The van der Waals surface area contributed by atoms with Gasteiger partial charge in [0.1, 0.15) is 12.4 Å². The van der Waals surface area contributed by atoms with Gasteiger partial charge in [0.05, 0.1) is 13.6 Å². The Balaban J connectivity index is 0.000000292. The zero-order valence-electron chi connectivity index (χ0n) is 8.12. The van der Waals surface area contributed by atoms with Gasteiger partial charge in [0, 0.05) is 0 Å². The van der Waals surface area contributed by atoms with E-state index >= 15 is 0 Å². The number of imidazole rings is 1. The number of nitrogens with zero attached hydrogens (tertiary/aromatic N) is 2. The topological polar surface area (TPSA) is 95.1 Å². The normalized spacial score (nSPS) is 10.6. The van der Waals surface area contributed by atoms with Gasteiger partial charge in [-0.15, -0.1) is 0 Å². The fourth-order valence-electron chi connectivity index (χ4n) is 0.892. The molecule has 1 aromatic rings. The van der Waals surface area contributed by atoms with Crippen LogP contribution in [0.25, 0.3) is 0 Å². The van der Waals surface area contributed by atoms with Crippen LogP contribution in [0.5, 0.6) is 0 Å². The van der Waals surface area contributed by atoms with Crippen molar-refractivity contribution in [2.75, 3.05) is 0 Å². The number of hydrogen-bond donors (Lipinski definition) is 0. The Kier molecular flexibility index (Phi) is 5.64. The van der Waals surface area contributed by atoms with Crippen LogP contribution in [-0.4, -0.2) is 4.57 Å². The minimum absolute atomic E-state index is 1.13. The second kappa shape index (κ2) is 5.93. The average molecular weight is 220 g/mol. The number of aromatic nitrogens is 2. The Hall–Kier alpha value is -0.680. The van der Waals surface area contributed by atoms with Crippen LogP contribution in [0.4, 0.5) is 0 Å². The van der Waals surface area contributed by atoms with Crippen LogP contribution in [0.2, 0.25) is 0 Å². The molecule has 0 unspecified atom stereocenters. The first kappa shape index (κ1) is 13.3. The molecule has 0 saturated carbocycles. The molecule has 0 saturated heterocycles. The molecular formula is C7H13N2O4P-2. The fourth-order valence-corrected chi connectivity index (χ4v) is 0.892. The third kappa shape index (κ3) is 9.41. The largest absolute Gasteiger partial charge is 0.822 e. The van der Waals surface area contributed by atoms with Gasteiger partial charge in [0.15, 0.2) is 0 Å². The van der Waals surface area contributed by atoms with E-state index in [1.165, 1.54) is 6.42 Å². The Morgan fingerprint density at radius 3 is 2.21 bits per heavy atom. The minimum atomic E-state index is -5.39. The summed E-state index contributed by atoms with van der Waals surface area (Å²) in [5, 5.41) is 0. The van der Waals surface area contributed by atoms with Gasteiger partial charge >= 0.3 is 0 Å². The van der Waals surface area contributed by atoms with Gasteiger partial charge in [0.2, 0.25) is 6.33 Å². The lowest BCUT2D eigenvalue weighted by Crippen LogP contribution is -2.24. The molecule has 0 radical (unpaired) electrons. The van der Waals surface area contributed by atoms with Crippen molar-refractivity contribution in [2.24, 2.45) is 7.05 Å². The smallest absolute Gasteiger partial charge is 0.243 e. The van der Waals surface area contributed by atoms with E-state index in [0.717, 1.165) is 6.54 Å². The molecule has 7 heteroatoms. The van der Waals surface area contributed by atoms with Crippen molar-refractivity contribution < 1.29 is 23.8 Å². The Morgan fingerprint density at radius 2 is 1.93 bits per heavy atom. The van der Waals surface area contributed by atoms with Gasteiger partial charge < -0.3 is 19.2 Å². The van der Waals surface area contributed by atoms with Crippen molar-refractivity contribution in [1.29, 1.82) is 0 Å². The highest BCUT2D eigenvalue weighted by Crippen LogP contribution is 2.03. The van der Waals surface area contributed by atoms with Gasteiger partial charge in [-0.1, -0.05) is 6.92 Å². The van der Waals surface area contributed by atoms with Gasteiger partial charge in [-0.3, -0.25) is 0 Å². The van der Waals surface area contributed by atoms with Crippen molar-refractivity contribution in [1.82, 2.24) is 4.57 Å². The maximum Gasteiger partial charge on any atom is 0.243 e. The molecule has 1 rings (SSSR count). The molecule has 0 aliphatic heterocycles. The predicted octanol–water partition coefficient (Wildman–Crippen LogP) is -2.10. The first-order valence-electron chi connectivity index (χ1n) is 4.07. The summed E-state index contributed by atoms with van der Waals surface area (Å²) in [5.41, 5.74) is 0. The van der Waals surface area contributed by atoms with E-state index in [-0.39, 0.29) is 0 Å². The van der Waals surface area contributed by atoms with Gasteiger partial charge in [-0.25, -0.2) is 9.13 Å². The molecule has 0 atom stereocenters. The first-order valence-corrected chi connectivity index (χ1v) is 5.53. The lowest BCUT2D eigenvalue weighted by Gasteiger charge is -2.36. The summed E-state index contributed by atoms with van der Waals surface area (Å²) in [6.07, 6.45) is 7.43. The van der Waals surface area contributed by atoms with Crippen molar-refractivity contribution in [2.45, 2.75) is 19.9 Å². The second-order valence-corrected chi connectivity index (χ2v) is 3.66. The lowest BCUT2D eigenvalue weighted by atomic mass is 10.5. The molecule has 0 aliphatic rings. The number of hydrogen-bond acceptors (Lipinski definition) is 4. The van der Waals surface area contributed by atoms with Crippen LogP contribution < -0.4 is 19.2 Å². The first-order chi connectivity index (χ1) is 6.33. The van der Waals surface area contributed by atoms with Gasteiger partial charge in [-0.05, 0) is 6.42 Å². The summed E-state index contributed by atoms with van der Waals surface area (Å²) < 4.78 is 12.8. The highest BCUT2D eigenvalue weighted by atomic mass is 31.2. The molecular weight excluding hydrogens is 207 g/mol. The van der Waals surface area contributed by atoms with E-state index in [0.29, 0.717) is 0 Å². The molecule has 0 fully saturated rings. The van der Waals surface area contributed by atoms with Crippen molar-refractivity contribution >= 4 is 7.82 Å². The maximum atomic E-state index is 8.55. The van der Waals surface area contributed by atoms with Crippen LogP contribution in [0, 0.1) is 0 Å². The van der Waals surface area contributed by atoms with Crippen LogP contribution in [0.3, 0.4) is 0 Å². The predicted molar refractivity (Wildman–Crippen MR) is 43.5 cm³/mol. The maximum absolute atomic E-state index is 8.55. The van der Waals surface area contributed by atoms with Crippen LogP contribution >= 0.6 is 7.82 Å². The Bertz CT molecular complexity index is 298. The molecule has 0 aromatic carbocycles. The van der Waals surface area contributed by atoms with Gasteiger partial charge in [0.25, 0.3) is 0 Å². The van der Waals surface area contributed by atoms with Gasteiger partial charge in [-0.2, -0.15) is 7.82 Å². The molecule has 0 spiro atoms. The summed E-state index contributed by atoms with van der Waals surface area (Å²) in [5.74, 6) is 0. The Labute approximate surface area is 82.7 Å². The summed E-state index contributed by atoms with van der Waals surface area (Å²) in [6, 6.07) is 0. The summed E-state index contributed by atoms with van der Waals surface area (Å²) in [7, 11) is -3.36. The molecule has 0 amide bonds. The molecule has 0 aliphatic carbocycles. The zero-order valence-corrected chi connectivity index (χ0v) is 9.02. The molecule has 1 aromatic heterocycles. The Morgan fingerprint density at radius 1 is 1.43 bits per heavy atom. The molecule has 6 nitrogen and oxygen atoms in total. The third-order valence-electron chi connectivity index (χ3n) is 1.31. The number of aryl methyl sites for hydroxylation is 2. The van der Waals surface area contributed by atoms with Crippen molar-refractivity contribution in [3.63, 3.8) is 0 Å². The van der Waals surface area contributed by atoms with E-state index in [2.05, 4.69) is 34.8 Å². The van der Waals surface area contributed by atoms with Crippen LogP contribution in [-0.2, 0) is 18.2 Å². The van der Waals surface area contributed by atoms with E-state index < -0.39 is 7.82 Å². The summed E-state index contributed by atoms with van der Waals surface area (Å²) in [6.45, 7) is 3.31. The quantitative estimate of drug-likeness (QED) is 0.421. The van der Waals surface area contributed by atoms with Crippen molar-refractivity contribution in [3.8, 4) is 0 Å². The monoisotopic (exact) mass is 220 g/mol. The highest BCUT2D eigenvalue weighted by Gasteiger charge is 1.94. The number of phosphoric acid groups is 1. The molecule has 0 N–H and O–H groups in total. The number of rotatable bonds is 2. The average Bonchev–Trinajstić information content (AvgIpc) is 2.32. The van der Waals surface area contributed by atoms with Crippen LogP contribution in [0.15, 0.2) is 18.7 Å². The zero-order chi connectivity index (χ0) is 11.2. The molecule has 1 heterocycles. The molecule has 82 valence electrons. The minimum Gasteiger partial charge on any atom is -0.822 e. The van der Waals surface area contributed by atoms with E-state index in [1.54, 1.807) is 0 Å². The van der Waals surface area contributed by atoms with E-state index in [4.69, 9.17) is 19.2 Å². The summed E-state index contributed by atoms with van der Waals surface area (Å²) >= 11 is 0.